The first-order valence-corrected chi connectivity index (χ1v) is 8.56. The van der Waals surface area contributed by atoms with E-state index in [0.29, 0.717) is 17.8 Å². The number of pyridine rings is 1. The van der Waals surface area contributed by atoms with E-state index in [4.69, 9.17) is 4.74 Å². The van der Waals surface area contributed by atoms with Gasteiger partial charge in [0.1, 0.15) is 17.7 Å². The van der Waals surface area contributed by atoms with E-state index >= 15 is 0 Å². The number of hydrogen-bond donors (Lipinski definition) is 1. The number of rotatable bonds is 5. The Morgan fingerprint density at radius 3 is 2.56 bits per heavy atom. The van der Waals surface area contributed by atoms with Gasteiger partial charge in [-0.15, -0.1) is 0 Å². The quantitative estimate of drug-likeness (QED) is 0.745. The van der Waals surface area contributed by atoms with Crippen molar-refractivity contribution >= 4 is 11.6 Å². The summed E-state index contributed by atoms with van der Waals surface area (Å²) in [5.74, 6) is 0.350. The fraction of sp³-hybridized carbons (Fsp3) is 0.143. The van der Waals surface area contributed by atoms with Gasteiger partial charge >= 0.3 is 0 Å². The summed E-state index contributed by atoms with van der Waals surface area (Å²) in [7, 11) is 1.61. The van der Waals surface area contributed by atoms with Crippen molar-refractivity contribution in [2.45, 2.75) is 12.7 Å². The van der Waals surface area contributed by atoms with Crippen LogP contribution in [0.5, 0.6) is 5.75 Å². The standard InChI is InChI=1S/C21H18FN3O2/c1-27-17-10-8-16(9-11-17)24-20-19-18(3-2-12-23-19)21(26)25(20)13-14-4-6-15(22)7-5-14/h2-12,20,24H,13H2,1H3/t20-/m0/s1. The molecule has 0 radical (unpaired) electrons. The van der Waals surface area contributed by atoms with E-state index in [2.05, 4.69) is 10.3 Å². The van der Waals surface area contributed by atoms with Gasteiger partial charge in [-0.1, -0.05) is 12.1 Å². The summed E-state index contributed by atoms with van der Waals surface area (Å²) in [6.07, 6.45) is 1.27. The Hall–Kier alpha value is -3.41. The summed E-state index contributed by atoms with van der Waals surface area (Å²) in [6, 6.07) is 17.2. The molecule has 1 aromatic heterocycles. The average molecular weight is 363 g/mol. The summed E-state index contributed by atoms with van der Waals surface area (Å²) < 4.78 is 18.4. The number of methoxy groups -OCH3 is 1. The first kappa shape index (κ1) is 17.0. The summed E-state index contributed by atoms with van der Waals surface area (Å²) in [6.45, 7) is 0.350. The summed E-state index contributed by atoms with van der Waals surface area (Å²) in [4.78, 5) is 19.0. The van der Waals surface area contributed by atoms with Crippen LogP contribution in [0.2, 0.25) is 0 Å². The second kappa shape index (κ2) is 7.07. The van der Waals surface area contributed by atoms with Crippen molar-refractivity contribution < 1.29 is 13.9 Å². The van der Waals surface area contributed by atoms with Gasteiger partial charge in [-0.2, -0.15) is 0 Å². The highest BCUT2D eigenvalue weighted by Gasteiger charge is 2.37. The van der Waals surface area contributed by atoms with Crippen molar-refractivity contribution in [2.24, 2.45) is 0 Å². The molecule has 5 nitrogen and oxygen atoms in total. The van der Waals surface area contributed by atoms with Gasteiger partial charge in [0.25, 0.3) is 5.91 Å². The number of fused-ring (bicyclic) bond motifs is 1. The molecule has 0 spiro atoms. The third kappa shape index (κ3) is 3.33. The number of halogens is 1. The third-order valence-electron chi connectivity index (χ3n) is 4.56. The number of amides is 1. The Labute approximate surface area is 156 Å². The molecule has 1 N–H and O–H groups in total. The number of carbonyl (C=O) groups is 1. The fourth-order valence-corrected chi connectivity index (χ4v) is 3.18. The summed E-state index contributed by atoms with van der Waals surface area (Å²) in [5, 5.41) is 3.37. The van der Waals surface area contributed by atoms with Crippen LogP contribution < -0.4 is 10.1 Å². The van der Waals surface area contributed by atoms with Crippen LogP contribution >= 0.6 is 0 Å². The zero-order valence-electron chi connectivity index (χ0n) is 14.7. The highest BCUT2D eigenvalue weighted by Crippen LogP contribution is 2.34. The minimum Gasteiger partial charge on any atom is -0.497 e. The molecule has 136 valence electrons. The molecule has 0 aliphatic carbocycles. The van der Waals surface area contributed by atoms with Gasteiger partial charge in [0.05, 0.1) is 18.4 Å². The largest absolute Gasteiger partial charge is 0.497 e. The van der Waals surface area contributed by atoms with Gasteiger partial charge in [0.2, 0.25) is 0 Å². The second-order valence-corrected chi connectivity index (χ2v) is 6.27. The van der Waals surface area contributed by atoms with Gasteiger partial charge in [-0.25, -0.2) is 4.39 Å². The number of carbonyl (C=O) groups excluding carboxylic acids is 1. The molecule has 2 aromatic carbocycles. The van der Waals surface area contributed by atoms with E-state index in [1.807, 2.05) is 24.3 Å². The molecule has 1 aliphatic heterocycles. The van der Waals surface area contributed by atoms with Crippen LogP contribution in [0.1, 0.15) is 27.8 Å². The Bertz CT molecular complexity index is 958. The summed E-state index contributed by atoms with van der Waals surface area (Å²) in [5.41, 5.74) is 2.95. The molecule has 0 saturated heterocycles. The lowest BCUT2D eigenvalue weighted by Gasteiger charge is -2.26. The maximum atomic E-state index is 13.2. The van der Waals surface area contributed by atoms with Crippen LogP contribution in [-0.4, -0.2) is 22.9 Å². The van der Waals surface area contributed by atoms with Gasteiger partial charge < -0.3 is 15.0 Å². The van der Waals surface area contributed by atoms with Gasteiger partial charge in [-0.3, -0.25) is 9.78 Å². The van der Waals surface area contributed by atoms with Crippen LogP contribution in [0, 0.1) is 5.82 Å². The molecule has 27 heavy (non-hydrogen) atoms. The predicted octanol–water partition coefficient (Wildman–Crippen LogP) is 4.00. The van der Waals surface area contributed by atoms with Gasteiger partial charge in [0.15, 0.2) is 0 Å². The normalized spacial score (nSPS) is 15.6. The van der Waals surface area contributed by atoms with Crippen LogP contribution in [0.15, 0.2) is 66.9 Å². The van der Waals surface area contributed by atoms with E-state index in [1.165, 1.54) is 12.1 Å². The molecule has 1 aliphatic rings. The van der Waals surface area contributed by atoms with E-state index in [9.17, 15) is 9.18 Å². The molecular formula is C21H18FN3O2. The first-order valence-electron chi connectivity index (χ1n) is 8.56. The Morgan fingerprint density at radius 2 is 1.85 bits per heavy atom. The highest BCUT2D eigenvalue weighted by molar-refractivity contribution is 5.98. The molecule has 1 amide bonds. The lowest BCUT2D eigenvalue weighted by molar-refractivity contribution is 0.0727. The maximum absolute atomic E-state index is 13.2. The van der Waals surface area contributed by atoms with Crippen molar-refractivity contribution in [3.8, 4) is 5.75 Å². The molecule has 4 rings (SSSR count). The molecular weight excluding hydrogens is 345 g/mol. The molecule has 0 bridgehead atoms. The molecule has 3 aromatic rings. The number of hydrogen-bond acceptors (Lipinski definition) is 4. The molecule has 0 unspecified atom stereocenters. The number of benzene rings is 2. The Morgan fingerprint density at radius 1 is 1.11 bits per heavy atom. The number of nitrogens with one attached hydrogen (secondary N) is 1. The molecule has 2 heterocycles. The van der Waals surface area contributed by atoms with E-state index < -0.39 is 6.17 Å². The van der Waals surface area contributed by atoms with Gasteiger partial charge in [0, 0.05) is 18.4 Å². The highest BCUT2D eigenvalue weighted by atomic mass is 19.1. The van der Waals surface area contributed by atoms with Crippen molar-refractivity contribution in [3.05, 3.63) is 89.5 Å². The zero-order chi connectivity index (χ0) is 18.8. The predicted molar refractivity (Wildman–Crippen MR) is 99.9 cm³/mol. The van der Waals surface area contributed by atoms with Crippen molar-refractivity contribution in [2.75, 3.05) is 12.4 Å². The van der Waals surface area contributed by atoms with Gasteiger partial charge in [-0.05, 0) is 54.1 Å². The molecule has 0 fully saturated rings. The number of ether oxygens (including phenoxy) is 1. The Kier molecular flexibility index (Phi) is 4.46. The Balaban J connectivity index is 1.65. The first-order chi connectivity index (χ1) is 13.2. The third-order valence-corrected chi connectivity index (χ3v) is 4.56. The fourth-order valence-electron chi connectivity index (χ4n) is 3.18. The lowest BCUT2D eigenvalue weighted by atomic mass is 10.2. The van der Waals surface area contributed by atoms with Crippen molar-refractivity contribution in [3.63, 3.8) is 0 Å². The topological polar surface area (TPSA) is 54.5 Å². The summed E-state index contributed by atoms with van der Waals surface area (Å²) >= 11 is 0. The molecule has 6 heteroatoms. The van der Waals surface area contributed by atoms with Crippen LogP contribution in [-0.2, 0) is 6.54 Å². The molecule has 1 atom stereocenters. The minimum absolute atomic E-state index is 0.103. The van der Waals surface area contributed by atoms with E-state index in [-0.39, 0.29) is 11.7 Å². The SMILES string of the molecule is COc1ccc(N[C@@H]2c3ncccc3C(=O)N2Cc2ccc(F)cc2)cc1. The van der Waals surface area contributed by atoms with E-state index in [0.717, 1.165) is 17.0 Å². The van der Waals surface area contributed by atoms with Crippen LogP contribution in [0.25, 0.3) is 0 Å². The molecule has 0 saturated carbocycles. The smallest absolute Gasteiger partial charge is 0.258 e. The van der Waals surface area contributed by atoms with E-state index in [1.54, 1.807) is 42.5 Å². The van der Waals surface area contributed by atoms with Crippen molar-refractivity contribution in [1.82, 2.24) is 9.88 Å². The number of aromatic nitrogens is 1. The number of anilines is 1. The zero-order valence-corrected chi connectivity index (χ0v) is 14.7. The average Bonchev–Trinajstić information content (AvgIpc) is 2.96. The number of nitrogens with zero attached hydrogens (tertiary/aromatic N) is 2. The van der Waals surface area contributed by atoms with Crippen LogP contribution in [0.3, 0.4) is 0 Å². The minimum atomic E-state index is -0.410. The van der Waals surface area contributed by atoms with Crippen molar-refractivity contribution in [1.29, 1.82) is 0 Å². The maximum Gasteiger partial charge on any atom is 0.258 e. The monoisotopic (exact) mass is 363 g/mol. The second-order valence-electron chi connectivity index (χ2n) is 6.27. The van der Waals surface area contributed by atoms with Crippen LogP contribution in [0.4, 0.5) is 10.1 Å². The lowest BCUT2D eigenvalue weighted by Crippen LogP contribution is -2.32.